The summed E-state index contributed by atoms with van der Waals surface area (Å²) in [4.78, 5) is 27.8. The Bertz CT molecular complexity index is 1340. The summed E-state index contributed by atoms with van der Waals surface area (Å²) < 4.78 is 43.7. The number of anilines is 1. The average Bonchev–Trinajstić information content (AvgIpc) is 2.87. The van der Waals surface area contributed by atoms with Gasteiger partial charge in [-0.1, -0.05) is 36.4 Å². The lowest BCUT2D eigenvalue weighted by atomic mass is 10.1. The molecule has 0 aromatic heterocycles. The highest BCUT2D eigenvalue weighted by atomic mass is 127. The summed E-state index contributed by atoms with van der Waals surface area (Å²) in [5.41, 5.74) is 0.509. The van der Waals surface area contributed by atoms with Gasteiger partial charge in [0.2, 0.25) is 11.8 Å². The molecule has 0 saturated carbocycles. The molecule has 0 heterocycles. The van der Waals surface area contributed by atoms with Crippen molar-refractivity contribution < 1.29 is 22.4 Å². The zero-order chi connectivity index (χ0) is 27.2. The fraction of sp³-hybridized carbons (Fsp3) is 0.259. The van der Waals surface area contributed by atoms with Crippen LogP contribution in [-0.2, 0) is 26.2 Å². The smallest absolute Gasteiger partial charge is 0.264 e. The number of sulfonamides is 1. The van der Waals surface area contributed by atoms with Crippen molar-refractivity contribution in [3.8, 4) is 0 Å². The molecule has 10 heteroatoms. The van der Waals surface area contributed by atoms with Gasteiger partial charge in [0.1, 0.15) is 18.4 Å². The van der Waals surface area contributed by atoms with E-state index < -0.39 is 40.2 Å². The molecule has 3 rings (SSSR count). The van der Waals surface area contributed by atoms with Crippen molar-refractivity contribution in [1.29, 1.82) is 0 Å². The largest absolute Gasteiger partial charge is 0.352 e. The van der Waals surface area contributed by atoms with Crippen LogP contribution in [0.3, 0.4) is 0 Å². The lowest BCUT2D eigenvalue weighted by Gasteiger charge is -2.32. The highest BCUT2D eigenvalue weighted by Crippen LogP contribution is 2.25. The lowest BCUT2D eigenvalue weighted by Crippen LogP contribution is -2.52. The van der Waals surface area contributed by atoms with Crippen LogP contribution in [0.5, 0.6) is 0 Å². The molecule has 3 aromatic carbocycles. The van der Waals surface area contributed by atoms with Gasteiger partial charge in [-0.25, -0.2) is 12.8 Å². The number of benzene rings is 3. The van der Waals surface area contributed by atoms with E-state index in [1.165, 1.54) is 42.2 Å². The van der Waals surface area contributed by atoms with E-state index in [0.717, 1.165) is 7.88 Å². The first-order chi connectivity index (χ1) is 17.5. The number of amides is 2. The van der Waals surface area contributed by atoms with Crippen LogP contribution in [0.15, 0.2) is 83.8 Å². The second-order valence-corrected chi connectivity index (χ2v) is 11.9. The van der Waals surface area contributed by atoms with E-state index in [1.807, 2.05) is 0 Å². The molecule has 0 fully saturated rings. The molecule has 196 valence electrons. The van der Waals surface area contributed by atoms with Gasteiger partial charge in [-0.3, -0.25) is 13.9 Å². The van der Waals surface area contributed by atoms with Gasteiger partial charge in [0.05, 0.1) is 10.6 Å². The van der Waals surface area contributed by atoms with Gasteiger partial charge in [-0.2, -0.15) is 0 Å². The number of hydrogen-bond acceptors (Lipinski definition) is 4. The molecule has 0 unspecified atom stereocenters. The minimum atomic E-state index is -4.13. The Morgan fingerprint density at radius 1 is 0.919 bits per heavy atom. The molecular formula is C27H29FIN3O4S. The first-order valence-corrected chi connectivity index (χ1v) is 14.2. The van der Waals surface area contributed by atoms with Gasteiger partial charge in [-0.15, -0.1) is 0 Å². The molecule has 0 aliphatic rings. The summed E-state index contributed by atoms with van der Waals surface area (Å²) in [6.45, 7) is 4.34. The van der Waals surface area contributed by atoms with Crippen LogP contribution in [0.2, 0.25) is 0 Å². The summed E-state index contributed by atoms with van der Waals surface area (Å²) >= 11 is 2.11. The molecule has 0 bridgehead atoms. The molecule has 2 amide bonds. The summed E-state index contributed by atoms with van der Waals surface area (Å²) in [5, 5.41) is 2.77. The van der Waals surface area contributed by atoms with Gasteiger partial charge < -0.3 is 10.2 Å². The fourth-order valence-electron chi connectivity index (χ4n) is 3.65. The molecule has 0 saturated heterocycles. The van der Waals surface area contributed by atoms with E-state index in [4.69, 9.17) is 0 Å². The Hall–Kier alpha value is -2.99. The third kappa shape index (κ3) is 7.29. The Labute approximate surface area is 230 Å². The van der Waals surface area contributed by atoms with E-state index in [9.17, 15) is 22.4 Å². The SMILES string of the molecule is CC(C)NC(=O)[C@H](C)N(Cc1ccccc1F)C(=O)CN(c1ccc(I)cc1)S(=O)(=O)c1ccccc1. The monoisotopic (exact) mass is 637 g/mol. The Kier molecular flexibility index (Phi) is 9.66. The Balaban J connectivity index is 2.02. The lowest BCUT2D eigenvalue weighted by molar-refractivity contribution is -0.139. The average molecular weight is 638 g/mol. The predicted octanol–water partition coefficient (Wildman–Crippen LogP) is 4.57. The third-order valence-electron chi connectivity index (χ3n) is 5.62. The molecule has 0 radical (unpaired) electrons. The predicted molar refractivity (Wildman–Crippen MR) is 150 cm³/mol. The topological polar surface area (TPSA) is 86.8 Å². The number of halogens is 2. The van der Waals surface area contributed by atoms with Crippen molar-refractivity contribution >= 4 is 50.1 Å². The van der Waals surface area contributed by atoms with E-state index >= 15 is 0 Å². The van der Waals surface area contributed by atoms with Crippen molar-refractivity contribution in [2.24, 2.45) is 0 Å². The zero-order valence-corrected chi connectivity index (χ0v) is 23.7. The summed E-state index contributed by atoms with van der Waals surface area (Å²) in [5.74, 6) is -1.60. The maximum atomic E-state index is 14.5. The van der Waals surface area contributed by atoms with E-state index in [0.29, 0.717) is 5.69 Å². The highest BCUT2D eigenvalue weighted by molar-refractivity contribution is 14.1. The van der Waals surface area contributed by atoms with Crippen molar-refractivity contribution in [2.45, 2.75) is 44.3 Å². The van der Waals surface area contributed by atoms with Gasteiger partial charge in [0.25, 0.3) is 10.0 Å². The summed E-state index contributed by atoms with van der Waals surface area (Å²) in [7, 11) is -4.13. The van der Waals surface area contributed by atoms with Crippen molar-refractivity contribution in [1.82, 2.24) is 10.2 Å². The molecule has 37 heavy (non-hydrogen) atoms. The van der Waals surface area contributed by atoms with Gasteiger partial charge in [-0.05, 0) is 85.8 Å². The third-order valence-corrected chi connectivity index (χ3v) is 8.13. The first kappa shape index (κ1) is 28.6. The second-order valence-electron chi connectivity index (χ2n) is 8.75. The van der Waals surface area contributed by atoms with Gasteiger partial charge >= 0.3 is 0 Å². The maximum Gasteiger partial charge on any atom is 0.264 e. The molecular weight excluding hydrogens is 608 g/mol. The van der Waals surface area contributed by atoms with E-state index in [1.54, 1.807) is 62.4 Å². The van der Waals surface area contributed by atoms with Crippen molar-refractivity contribution in [2.75, 3.05) is 10.8 Å². The van der Waals surface area contributed by atoms with Crippen LogP contribution in [0.1, 0.15) is 26.3 Å². The van der Waals surface area contributed by atoms with Crippen LogP contribution in [0.25, 0.3) is 0 Å². The summed E-state index contributed by atoms with van der Waals surface area (Å²) in [6, 6.07) is 19.3. The minimum Gasteiger partial charge on any atom is -0.352 e. The number of nitrogens with zero attached hydrogens (tertiary/aromatic N) is 2. The Morgan fingerprint density at radius 3 is 2.11 bits per heavy atom. The van der Waals surface area contributed by atoms with Crippen molar-refractivity contribution in [3.63, 3.8) is 0 Å². The van der Waals surface area contributed by atoms with Crippen LogP contribution < -0.4 is 9.62 Å². The number of carbonyl (C=O) groups is 2. The standard InChI is InChI=1S/C27H29FIN3O4S/c1-19(2)30-27(34)20(3)31(17-21-9-7-8-12-25(21)28)26(33)18-32(23-15-13-22(29)14-16-23)37(35,36)24-10-5-4-6-11-24/h4-16,19-20H,17-18H2,1-3H3,(H,30,34)/t20-/m0/s1. The van der Waals surface area contributed by atoms with Gasteiger partial charge in [0.15, 0.2) is 0 Å². The number of hydrogen-bond donors (Lipinski definition) is 1. The quantitative estimate of drug-likeness (QED) is 0.331. The number of nitrogens with one attached hydrogen (secondary N) is 1. The molecule has 0 aliphatic carbocycles. The second kappa shape index (κ2) is 12.5. The van der Waals surface area contributed by atoms with Crippen molar-refractivity contribution in [3.05, 3.63) is 93.8 Å². The molecule has 1 N–H and O–H groups in total. The molecule has 7 nitrogen and oxygen atoms in total. The molecule has 3 aromatic rings. The maximum absolute atomic E-state index is 14.5. The molecule has 0 aliphatic heterocycles. The first-order valence-electron chi connectivity index (χ1n) is 11.7. The van der Waals surface area contributed by atoms with E-state index in [2.05, 4.69) is 27.9 Å². The van der Waals surface area contributed by atoms with Gasteiger partial charge in [0, 0.05) is 21.7 Å². The summed E-state index contributed by atoms with van der Waals surface area (Å²) in [6.07, 6.45) is 0. The normalized spacial score (nSPS) is 12.2. The van der Waals surface area contributed by atoms with E-state index in [-0.39, 0.29) is 23.0 Å². The van der Waals surface area contributed by atoms with Crippen LogP contribution >= 0.6 is 22.6 Å². The van der Waals surface area contributed by atoms with Crippen LogP contribution in [-0.4, -0.2) is 43.8 Å². The van der Waals surface area contributed by atoms with Crippen LogP contribution in [0, 0.1) is 9.39 Å². The number of carbonyl (C=O) groups excluding carboxylic acids is 2. The zero-order valence-electron chi connectivity index (χ0n) is 20.8. The minimum absolute atomic E-state index is 0.0209. The fourth-order valence-corrected chi connectivity index (χ4v) is 5.45. The molecule has 0 spiro atoms. The number of rotatable bonds is 10. The Morgan fingerprint density at radius 2 is 1.51 bits per heavy atom. The highest BCUT2D eigenvalue weighted by Gasteiger charge is 2.33. The molecule has 1 atom stereocenters. The van der Waals surface area contributed by atoms with Crippen LogP contribution in [0.4, 0.5) is 10.1 Å².